The number of hydrogen-bond acceptors (Lipinski definition) is 4. The van der Waals surface area contributed by atoms with Gasteiger partial charge in [-0.2, -0.15) is 5.10 Å². The van der Waals surface area contributed by atoms with E-state index in [0.717, 1.165) is 13.0 Å². The molecule has 1 rings (SSSR count). The lowest BCUT2D eigenvalue weighted by Gasteiger charge is -2.10. The van der Waals surface area contributed by atoms with Crippen molar-refractivity contribution in [2.45, 2.75) is 32.4 Å². The fraction of sp³-hybridized carbons (Fsp3) is 0.636. The molecule has 3 N–H and O–H groups in total. The fourth-order valence-corrected chi connectivity index (χ4v) is 1.41. The number of nitrogens with zero attached hydrogens (tertiary/aromatic N) is 2. The van der Waals surface area contributed by atoms with Crippen molar-refractivity contribution in [1.29, 1.82) is 0 Å². The number of nitrogens with one attached hydrogen (secondary N) is 1. The Balaban J connectivity index is 2.37. The summed E-state index contributed by atoms with van der Waals surface area (Å²) in [6.45, 7) is 3.37. The minimum atomic E-state index is -0.505. The molecule has 1 aromatic rings. The van der Waals surface area contributed by atoms with E-state index in [2.05, 4.69) is 10.4 Å². The zero-order valence-corrected chi connectivity index (χ0v) is 10.3. The molecule has 0 fully saturated rings. The van der Waals surface area contributed by atoms with Crippen molar-refractivity contribution in [3.8, 4) is 0 Å². The molecule has 6 nitrogen and oxygen atoms in total. The van der Waals surface area contributed by atoms with Crippen LogP contribution in [0.2, 0.25) is 0 Å². The second-order valence-corrected chi connectivity index (χ2v) is 3.82. The Morgan fingerprint density at radius 3 is 3.06 bits per heavy atom. The largest absolute Gasteiger partial charge is 0.385 e. The molecule has 96 valence electrons. The monoisotopic (exact) mass is 240 g/mol. The van der Waals surface area contributed by atoms with E-state index in [1.165, 1.54) is 0 Å². The van der Waals surface area contributed by atoms with E-state index in [0.29, 0.717) is 18.7 Å². The molecule has 0 radical (unpaired) electrons. The number of aromatic nitrogens is 2. The molecule has 0 spiro atoms. The van der Waals surface area contributed by atoms with Crippen molar-refractivity contribution in [2.75, 3.05) is 19.0 Å². The van der Waals surface area contributed by atoms with Crippen molar-refractivity contribution < 1.29 is 9.53 Å². The Labute approximate surface area is 101 Å². The molecule has 1 aromatic heterocycles. The molecule has 0 saturated heterocycles. The Kier molecular flexibility index (Phi) is 5.65. The Bertz CT molecular complexity index is 351. The predicted octanol–water partition coefficient (Wildman–Crippen LogP) is 0.595. The summed E-state index contributed by atoms with van der Waals surface area (Å²) in [5.41, 5.74) is 6.43. The molecule has 1 atom stereocenters. The maximum absolute atomic E-state index is 11.7. The first-order chi connectivity index (χ1) is 8.17. The molecular formula is C11H20N4O2. The molecule has 0 aliphatic heterocycles. The summed E-state index contributed by atoms with van der Waals surface area (Å²) in [4.78, 5) is 11.7. The van der Waals surface area contributed by atoms with E-state index < -0.39 is 6.04 Å². The predicted molar refractivity (Wildman–Crippen MR) is 65.6 cm³/mol. The Morgan fingerprint density at radius 1 is 1.71 bits per heavy atom. The van der Waals surface area contributed by atoms with Crippen molar-refractivity contribution in [3.63, 3.8) is 0 Å². The summed E-state index contributed by atoms with van der Waals surface area (Å²) in [5.74, 6) is -0.184. The molecule has 1 amide bonds. The first-order valence-electron chi connectivity index (χ1n) is 5.75. The zero-order valence-electron chi connectivity index (χ0n) is 10.3. The van der Waals surface area contributed by atoms with Gasteiger partial charge in [-0.3, -0.25) is 9.48 Å². The number of ether oxygens (including phenoxy) is 1. The number of amides is 1. The van der Waals surface area contributed by atoms with Crippen molar-refractivity contribution in [1.82, 2.24) is 9.78 Å². The third kappa shape index (κ3) is 4.54. The van der Waals surface area contributed by atoms with Crippen LogP contribution in [0.1, 0.15) is 19.8 Å². The Hall–Kier alpha value is -1.40. The van der Waals surface area contributed by atoms with Crippen LogP contribution in [0.4, 0.5) is 5.69 Å². The van der Waals surface area contributed by atoms with Gasteiger partial charge in [0.25, 0.3) is 0 Å². The summed E-state index contributed by atoms with van der Waals surface area (Å²) in [7, 11) is 1.63. The summed E-state index contributed by atoms with van der Waals surface area (Å²) >= 11 is 0. The standard InChI is InChI=1S/C11H20N4O2/c1-3-15-8-9(7-13-15)14-11(16)10(12)5-4-6-17-2/h7-8,10H,3-6,12H2,1-2H3,(H,14,16). The second kappa shape index (κ2) is 7.03. The van der Waals surface area contributed by atoms with Crippen molar-refractivity contribution in [3.05, 3.63) is 12.4 Å². The average molecular weight is 240 g/mol. The number of anilines is 1. The summed E-state index contributed by atoms with van der Waals surface area (Å²) < 4.78 is 6.65. The van der Waals surface area contributed by atoms with Crippen LogP contribution in [0.15, 0.2) is 12.4 Å². The van der Waals surface area contributed by atoms with Gasteiger partial charge in [0.05, 0.1) is 17.9 Å². The van der Waals surface area contributed by atoms with Gasteiger partial charge in [0.1, 0.15) is 0 Å². The number of nitrogens with two attached hydrogens (primary N) is 1. The van der Waals surface area contributed by atoms with E-state index in [1.54, 1.807) is 24.2 Å². The van der Waals surface area contributed by atoms with E-state index in [-0.39, 0.29) is 5.91 Å². The van der Waals surface area contributed by atoms with Crippen LogP contribution < -0.4 is 11.1 Å². The lowest BCUT2D eigenvalue weighted by atomic mass is 10.1. The van der Waals surface area contributed by atoms with Gasteiger partial charge in [0.15, 0.2) is 0 Å². The van der Waals surface area contributed by atoms with E-state index >= 15 is 0 Å². The van der Waals surface area contributed by atoms with Gasteiger partial charge in [0.2, 0.25) is 5.91 Å². The molecule has 0 aliphatic rings. The van der Waals surface area contributed by atoms with E-state index in [9.17, 15) is 4.79 Å². The molecule has 1 unspecified atom stereocenters. The van der Waals surface area contributed by atoms with Crippen LogP contribution in [0.5, 0.6) is 0 Å². The Morgan fingerprint density at radius 2 is 2.47 bits per heavy atom. The SMILES string of the molecule is CCn1cc(NC(=O)C(N)CCCOC)cn1. The quantitative estimate of drug-likeness (QED) is 0.684. The van der Waals surface area contributed by atoms with E-state index in [4.69, 9.17) is 10.5 Å². The van der Waals surface area contributed by atoms with Crippen LogP contribution in [0.3, 0.4) is 0 Å². The highest BCUT2D eigenvalue weighted by atomic mass is 16.5. The third-order valence-corrected chi connectivity index (χ3v) is 2.43. The molecule has 0 saturated carbocycles. The van der Waals surface area contributed by atoms with Crippen LogP contribution >= 0.6 is 0 Å². The molecule has 0 aromatic carbocycles. The molecule has 6 heteroatoms. The minimum Gasteiger partial charge on any atom is -0.385 e. The highest BCUT2D eigenvalue weighted by Gasteiger charge is 2.13. The van der Waals surface area contributed by atoms with Crippen LogP contribution in [-0.2, 0) is 16.1 Å². The summed E-state index contributed by atoms with van der Waals surface area (Å²) in [6.07, 6.45) is 4.78. The van der Waals surface area contributed by atoms with Gasteiger partial charge in [-0.1, -0.05) is 0 Å². The lowest BCUT2D eigenvalue weighted by molar-refractivity contribution is -0.117. The van der Waals surface area contributed by atoms with Gasteiger partial charge >= 0.3 is 0 Å². The highest BCUT2D eigenvalue weighted by molar-refractivity contribution is 5.94. The van der Waals surface area contributed by atoms with E-state index in [1.807, 2.05) is 6.92 Å². The normalized spacial score (nSPS) is 12.4. The smallest absolute Gasteiger partial charge is 0.241 e. The van der Waals surface area contributed by atoms with Crippen LogP contribution in [0.25, 0.3) is 0 Å². The fourth-order valence-electron chi connectivity index (χ4n) is 1.41. The van der Waals surface area contributed by atoms with Gasteiger partial charge in [-0.25, -0.2) is 0 Å². The van der Waals surface area contributed by atoms with Crippen LogP contribution in [-0.4, -0.2) is 35.4 Å². The van der Waals surface area contributed by atoms with Crippen molar-refractivity contribution in [2.24, 2.45) is 5.73 Å². The maximum atomic E-state index is 11.7. The summed E-state index contributed by atoms with van der Waals surface area (Å²) in [5, 5.41) is 6.80. The third-order valence-electron chi connectivity index (χ3n) is 2.43. The van der Waals surface area contributed by atoms with Crippen LogP contribution in [0, 0.1) is 0 Å². The van der Waals surface area contributed by atoms with Crippen molar-refractivity contribution >= 4 is 11.6 Å². The number of rotatable bonds is 7. The molecular weight excluding hydrogens is 220 g/mol. The minimum absolute atomic E-state index is 0.184. The molecule has 0 bridgehead atoms. The molecule has 17 heavy (non-hydrogen) atoms. The number of aryl methyl sites for hydroxylation is 1. The first kappa shape index (κ1) is 13.7. The number of hydrogen-bond donors (Lipinski definition) is 2. The summed E-state index contributed by atoms with van der Waals surface area (Å²) in [6, 6.07) is -0.505. The van der Waals surface area contributed by atoms with Gasteiger partial charge < -0.3 is 15.8 Å². The highest BCUT2D eigenvalue weighted by Crippen LogP contribution is 2.06. The molecule has 0 aliphatic carbocycles. The zero-order chi connectivity index (χ0) is 12.7. The second-order valence-electron chi connectivity index (χ2n) is 3.82. The van der Waals surface area contributed by atoms with Gasteiger partial charge in [-0.05, 0) is 19.8 Å². The topological polar surface area (TPSA) is 82.2 Å². The average Bonchev–Trinajstić information content (AvgIpc) is 2.77. The lowest BCUT2D eigenvalue weighted by Crippen LogP contribution is -2.35. The maximum Gasteiger partial charge on any atom is 0.241 e. The van der Waals surface area contributed by atoms with Gasteiger partial charge in [0, 0.05) is 26.5 Å². The number of carbonyl (C=O) groups is 1. The molecule has 1 heterocycles. The first-order valence-corrected chi connectivity index (χ1v) is 5.75. The number of methoxy groups -OCH3 is 1. The van der Waals surface area contributed by atoms with Gasteiger partial charge in [-0.15, -0.1) is 0 Å². The number of carbonyl (C=O) groups excluding carboxylic acids is 1.